The van der Waals surface area contributed by atoms with E-state index in [1.165, 1.54) is 0 Å². The summed E-state index contributed by atoms with van der Waals surface area (Å²) in [6.07, 6.45) is 0.0231. The SMILES string of the molecule is CCOc1ccccc1NC(=O)COC(=O)Cc1ccc(OCC)c(OCC)c1. The van der Waals surface area contributed by atoms with Crippen molar-refractivity contribution in [3.8, 4) is 17.2 Å². The van der Waals surface area contributed by atoms with E-state index in [4.69, 9.17) is 18.9 Å². The largest absolute Gasteiger partial charge is 0.492 e. The average molecular weight is 401 g/mol. The zero-order valence-corrected chi connectivity index (χ0v) is 17.0. The molecular weight excluding hydrogens is 374 g/mol. The Hall–Kier alpha value is -3.22. The van der Waals surface area contributed by atoms with Crippen LogP contribution >= 0.6 is 0 Å². The molecule has 0 atom stereocenters. The Morgan fingerprint density at radius 2 is 1.48 bits per heavy atom. The van der Waals surface area contributed by atoms with Crippen molar-refractivity contribution in [1.82, 2.24) is 0 Å². The third kappa shape index (κ3) is 7.03. The van der Waals surface area contributed by atoms with Gasteiger partial charge in [0.25, 0.3) is 5.91 Å². The number of carbonyl (C=O) groups is 2. The number of rotatable bonds is 11. The monoisotopic (exact) mass is 401 g/mol. The maximum absolute atomic E-state index is 12.1. The molecule has 2 aromatic carbocycles. The van der Waals surface area contributed by atoms with Crippen LogP contribution in [0, 0.1) is 0 Å². The van der Waals surface area contributed by atoms with Gasteiger partial charge in [-0.3, -0.25) is 9.59 Å². The highest BCUT2D eigenvalue weighted by molar-refractivity contribution is 5.94. The van der Waals surface area contributed by atoms with Crippen LogP contribution in [0.3, 0.4) is 0 Å². The normalized spacial score (nSPS) is 10.2. The number of ether oxygens (including phenoxy) is 4. The first kappa shape index (κ1) is 22.1. The van der Waals surface area contributed by atoms with Crippen molar-refractivity contribution in [2.75, 3.05) is 31.7 Å². The summed E-state index contributed by atoms with van der Waals surface area (Å²) >= 11 is 0. The molecule has 2 aromatic rings. The molecule has 1 N–H and O–H groups in total. The fourth-order valence-corrected chi connectivity index (χ4v) is 2.61. The fourth-order valence-electron chi connectivity index (χ4n) is 2.61. The molecule has 0 unspecified atom stereocenters. The van der Waals surface area contributed by atoms with E-state index < -0.39 is 11.9 Å². The van der Waals surface area contributed by atoms with Crippen LogP contribution in [0.4, 0.5) is 5.69 Å². The second-order valence-corrected chi connectivity index (χ2v) is 5.96. The Bertz CT molecular complexity index is 821. The molecule has 29 heavy (non-hydrogen) atoms. The molecule has 0 bridgehead atoms. The molecule has 0 saturated heterocycles. The molecule has 0 aliphatic rings. The molecule has 0 fully saturated rings. The molecule has 0 saturated carbocycles. The Morgan fingerprint density at radius 1 is 0.828 bits per heavy atom. The molecule has 0 heterocycles. The number of carbonyl (C=O) groups excluding carboxylic acids is 2. The molecule has 7 nitrogen and oxygen atoms in total. The Kier molecular flexibility index (Phi) is 8.82. The zero-order chi connectivity index (χ0) is 21.1. The molecule has 0 aliphatic heterocycles. The van der Waals surface area contributed by atoms with Crippen molar-refractivity contribution < 1.29 is 28.5 Å². The molecule has 0 radical (unpaired) electrons. The molecule has 0 spiro atoms. The third-order valence-corrected chi connectivity index (χ3v) is 3.78. The smallest absolute Gasteiger partial charge is 0.310 e. The van der Waals surface area contributed by atoms with Crippen molar-refractivity contribution in [1.29, 1.82) is 0 Å². The van der Waals surface area contributed by atoms with Crippen molar-refractivity contribution in [2.24, 2.45) is 0 Å². The van der Waals surface area contributed by atoms with Gasteiger partial charge in [0.1, 0.15) is 5.75 Å². The van der Waals surface area contributed by atoms with E-state index in [-0.39, 0.29) is 13.0 Å². The number of nitrogens with one attached hydrogen (secondary N) is 1. The maximum atomic E-state index is 12.1. The molecule has 1 amide bonds. The first-order valence-corrected chi connectivity index (χ1v) is 9.63. The minimum atomic E-state index is -0.509. The van der Waals surface area contributed by atoms with Gasteiger partial charge in [-0.2, -0.15) is 0 Å². The Morgan fingerprint density at radius 3 is 2.21 bits per heavy atom. The van der Waals surface area contributed by atoms with Crippen LogP contribution in [0.2, 0.25) is 0 Å². The van der Waals surface area contributed by atoms with Gasteiger partial charge in [0.2, 0.25) is 0 Å². The number of amides is 1. The summed E-state index contributed by atoms with van der Waals surface area (Å²) < 4.78 is 21.6. The summed E-state index contributed by atoms with van der Waals surface area (Å²) in [5, 5.41) is 2.68. The molecule has 156 valence electrons. The summed E-state index contributed by atoms with van der Waals surface area (Å²) in [5.74, 6) is 0.813. The van der Waals surface area contributed by atoms with Crippen molar-refractivity contribution in [3.05, 3.63) is 48.0 Å². The van der Waals surface area contributed by atoms with Gasteiger partial charge in [0.15, 0.2) is 18.1 Å². The highest BCUT2D eigenvalue weighted by Gasteiger charge is 2.13. The van der Waals surface area contributed by atoms with Gasteiger partial charge in [-0.15, -0.1) is 0 Å². The van der Waals surface area contributed by atoms with E-state index in [1.54, 1.807) is 36.4 Å². The van der Waals surface area contributed by atoms with Crippen LogP contribution in [0.5, 0.6) is 17.2 Å². The van der Waals surface area contributed by atoms with Crippen LogP contribution in [0.1, 0.15) is 26.3 Å². The quantitative estimate of drug-likeness (QED) is 0.579. The Labute approximate surface area is 170 Å². The highest BCUT2D eigenvalue weighted by Crippen LogP contribution is 2.29. The standard InChI is InChI=1S/C22H27NO6/c1-4-26-18-10-8-7-9-17(18)23-21(24)15-29-22(25)14-16-11-12-19(27-5-2)20(13-16)28-6-3/h7-13H,4-6,14-15H2,1-3H3,(H,23,24). The summed E-state index contributed by atoms with van der Waals surface area (Å²) in [4.78, 5) is 24.2. The zero-order valence-electron chi connectivity index (χ0n) is 17.0. The summed E-state index contributed by atoms with van der Waals surface area (Å²) in [6, 6.07) is 12.3. The van der Waals surface area contributed by atoms with Gasteiger partial charge >= 0.3 is 5.97 Å². The fraction of sp³-hybridized carbons (Fsp3) is 0.364. The number of hydrogen-bond acceptors (Lipinski definition) is 6. The number of hydrogen-bond donors (Lipinski definition) is 1. The highest BCUT2D eigenvalue weighted by atomic mass is 16.5. The second-order valence-electron chi connectivity index (χ2n) is 5.96. The minimum Gasteiger partial charge on any atom is -0.492 e. The predicted octanol–water partition coefficient (Wildman–Crippen LogP) is 3.61. The van der Waals surface area contributed by atoms with Crippen LogP contribution in [-0.2, 0) is 20.7 Å². The van der Waals surface area contributed by atoms with Crippen LogP contribution in [0.15, 0.2) is 42.5 Å². The summed E-state index contributed by atoms with van der Waals surface area (Å²) in [7, 11) is 0. The second kappa shape index (κ2) is 11.6. The maximum Gasteiger partial charge on any atom is 0.310 e. The minimum absolute atomic E-state index is 0.0231. The lowest BCUT2D eigenvalue weighted by Gasteiger charge is -2.13. The topological polar surface area (TPSA) is 83.1 Å². The van der Waals surface area contributed by atoms with Gasteiger partial charge < -0.3 is 24.3 Å². The molecule has 0 aromatic heterocycles. The average Bonchev–Trinajstić information content (AvgIpc) is 2.70. The lowest BCUT2D eigenvalue weighted by Crippen LogP contribution is -2.22. The molecule has 2 rings (SSSR count). The van der Waals surface area contributed by atoms with Gasteiger partial charge in [-0.1, -0.05) is 18.2 Å². The number of esters is 1. The first-order chi connectivity index (χ1) is 14.1. The van der Waals surface area contributed by atoms with E-state index in [2.05, 4.69) is 5.32 Å². The van der Waals surface area contributed by atoms with Crippen LogP contribution < -0.4 is 19.5 Å². The van der Waals surface area contributed by atoms with Crippen molar-refractivity contribution >= 4 is 17.6 Å². The number of anilines is 1. The van der Waals surface area contributed by atoms with Gasteiger partial charge in [0.05, 0.1) is 31.9 Å². The number of para-hydroxylation sites is 2. The predicted molar refractivity (Wildman–Crippen MR) is 110 cm³/mol. The Balaban J connectivity index is 1.89. The molecule has 0 aliphatic carbocycles. The van der Waals surface area contributed by atoms with E-state index in [0.717, 1.165) is 0 Å². The lowest BCUT2D eigenvalue weighted by atomic mass is 10.1. The van der Waals surface area contributed by atoms with E-state index in [1.807, 2.05) is 26.8 Å². The lowest BCUT2D eigenvalue weighted by molar-refractivity contribution is -0.146. The molecular formula is C22H27NO6. The van der Waals surface area contributed by atoms with Gasteiger partial charge in [0, 0.05) is 0 Å². The van der Waals surface area contributed by atoms with Crippen LogP contribution in [-0.4, -0.2) is 38.3 Å². The molecule has 7 heteroatoms. The van der Waals surface area contributed by atoms with E-state index in [0.29, 0.717) is 48.3 Å². The van der Waals surface area contributed by atoms with Crippen molar-refractivity contribution in [2.45, 2.75) is 27.2 Å². The van der Waals surface area contributed by atoms with Crippen LogP contribution in [0.25, 0.3) is 0 Å². The first-order valence-electron chi connectivity index (χ1n) is 9.63. The van der Waals surface area contributed by atoms with Gasteiger partial charge in [-0.25, -0.2) is 0 Å². The number of benzene rings is 2. The summed E-state index contributed by atoms with van der Waals surface area (Å²) in [5.41, 5.74) is 1.24. The van der Waals surface area contributed by atoms with E-state index >= 15 is 0 Å². The van der Waals surface area contributed by atoms with Crippen molar-refractivity contribution in [3.63, 3.8) is 0 Å². The van der Waals surface area contributed by atoms with Gasteiger partial charge in [-0.05, 0) is 50.6 Å². The van der Waals surface area contributed by atoms with E-state index in [9.17, 15) is 9.59 Å². The third-order valence-electron chi connectivity index (χ3n) is 3.78. The summed E-state index contributed by atoms with van der Waals surface area (Å²) in [6.45, 7) is 6.72.